The standard InChI is InChI=1S/C27H42FN7O4Si/c1-8-34-16-18(15-29-34)30-25-31-23-19(9-11-33(23)17-38-13-14-40(5,6)7)24(32-25)39-21-20(28)10-12-35(26(36)37)22(21)27(2,3)4/h9,11,15-16,20-22H,8,10,12-14,17H2,1-7H3,(H,36,37)(H,30,31,32). The molecule has 3 unspecified atom stereocenters. The Morgan fingerprint density at radius 3 is 2.65 bits per heavy atom. The summed E-state index contributed by atoms with van der Waals surface area (Å²) in [7, 11) is -1.24. The van der Waals surface area contributed by atoms with Crippen LogP contribution in [0.2, 0.25) is 25.7 Å². The third kappa shape index (κ3) is 6.92. The molecule has 0 saturated carbocycles. The van der Waals surface area contributed by atoms with Crippen molar-refractivity contribution in [2.24, 2.45) is 5.41 Å². The number of aryl methyl sites for hydroxylation is 1. The molecule has 0 aromatic carbocycles. The second-order valence-corrected chi connectivity index (χ2v) is 18.2. The Morgan fingerprint density at radius 1 is 1.27 bits per heavy atom. The van der Waals surface area contributed by atoms with Gasteiger partial charge in [0.05, 0.1) is 23.3 Å². The van der Waals surface area contributed by atoms with Crippen LogP contribution in [0.3, 0.4) is 0 Å². The van der Waals surface area contributed by atoms with Gasteiger partial charge in [-0.2, -0.15) is 15.1 Å². The third-order valence-electron chi connectivity index (χ3n) is 7.05. The summed E-state index contributed by atoms with van der Waals surface area (Å²) in [4.78, 5) is 22.7. The molecule has 1 fully saturated rings. The summed E-state index contributed by atoms with van der Waals surface area (Å²) in [6.45, 7) is 16.3. The van der Waals surface area contributed by atoms with Gasteiger partial charge in [0.25, 0.3) is 0 Å². The van der Waals surface area contributed by atoms with Gasteiger partial charge in [-0.1, -0.05) is 40.4 Å². The number of hydrogen-bond acceptors (Lipinski definition) is 7. The minimum atomic E-state index is -1.36. The Kier molecular flexibility index (Phi) is 8.74. The van der Waals surface area contributed by atoms with E-state index in [1.165, 1.54) is 4.90 Å². The molecule has 1 amide bonds. The average Bonchev–Trinajstić information content (AvgIpc) is 3.48. The minimum Gasteiger partial charge on any atom is -0.468 e. The summed E-state index contributed by atoms with van der Waals surface area (Å²) in [6.07, 6.45) is 1.90. The maximum atomic E-state index is 15.5. The molecule has 11 nitrogen and oxygen atoms in total. The monoisotopic (exact) mass is 575 g/mol. The van der Waals surface area contributed by atoms with Gasteiger partial charge in [-0.25, -0.2) is 9.18 Å². The Hall–Kier alpha value is -3.19. The fraction of sp³-hybridized carbons (Fsp3) is 0.630. The fourth-order valence-corrected chi connectivity index (χ4v) is 5.70. The fourth-order valence-electron chi connectivity index (χ4n) is 4.94. The zero-order chi connectivity index (χ0) is 29.2. The van der Waals surface area contributed by atoms with Crippen LogP contribution in [0.15, 0.2) is 24.7 Å². The maximum Gasteiger partial charge on any atom is 0.407 e. The second kappa shape index (κ2) is 11.7. The summed E-state index contributed by atoms with van der Waals surface area (Å²) in [5.74, 6) is 0.444. The number of likely N-dealkylation sites (tertiary alicyclic amines) is 1. The highest BCUT2D eigenvalue weighted by Gasteiger charge is 2.48. The highest BCUT2D eigenvalue weighted by molar-refractivity contribution is 6.76. The zero-order valence-electron chi connectivity index (χ0n) is 24.5. The number of rotatable bonds is 10. The number of nitrogens with one attached hydrogen (secondary N) is 1. The number of fused-ring (bicyclic) bond motifs is 1. The predicted molar refractivity (Wildman–Crippen MR) is 155 cm³/mol. The number of alkyl halides is 1. The molecule has 13 heteroatoms. The Balaban J connectivity index is 1.71. The first kappa shape index (κ1) is 29.8. The molecule has 2 N–H and O–H groups in total. The number of hydrogen-bond donors (Lipinski definition) is 2. The van der Waals surface area contributed by atoms with Gasteiger partial charge in [-0.15, -0.1) is 0 Å². The Labute approximate surface area is 235 Å². The van der Waals surface area contributed by atoms with Crippen LogP contribution in [0.1, 0.15) is 34.1 Å². The van der Waals surface area contributed by atoms with Crippen LogP contribution in [-0.2, 0) is 18.0 Å². The highest BCUT2D eigenvalue weighted by atomic mass is 28.3. The van der Waals surface area contributed by atoms with Gasteiger partial charge in [-0.05, 0) is 24.4 Å². The van der Waals surface area contributed by atoms with Crippen LogP contribution in [0, 0.1) is 5.41 Å². The van der Waals surface area contributed by atoms with E-state index in [0.29, 0.717) is 36.6 Å². The van der Waals surface area contributed by atoms with E-state index in [2.05, 4.69) is 35.0 Å². The molecular weight excluding hydrogens is 533 g/mol. The van der Waals surface area contributed by atoms with Gasteiger partial charge in [0.15, 0.2) is 11.8 Å². The Bertz CT molecular complexity index is 1320. The number of ether oxygens (including phenoxy) is 2. The zero-order valence-corrected chi connectivity index (χ0v) is 25.5. The molecule has 4 heterocycles. The predicted octanol–water partition coefficient (Wildman–Crippen LogP) is 5.59. The van der Waals surface area contributed by atoms with Crippen molar-refractivity contribution in [3.05, 3.63) is 24.7 Å². The van der Waals surface area contributed by atoms with E-state index in [0.717, 1.165) is 6.04 Å². The third-order valence-corrected chi connectivity index (χ3v) is 8.76. The normalized spacial score (nSPS) is 20.2. The van der Waals surface area contributed by atoms with E-state index < -0.39 is 37.9 Å². The summed E-state index contributed by atoms with van der Waals surface area (Å²) in [5, 5.41) is 18.0. The molecule has 1 saturated heterocycles. The van der Waals surface area contributed by atoms with Gasteiger partial charge in [-0.3, -0.25) is 4.68 Å². The first-order valence-corrected chi connectivity index (χ1v) is 17.5. The molecular formula is C27H42FN7O4Si. The van der Waals surface area contributed by atoms with Crippen molar-refractivity contribution in [1.82, 2.24) is 29.2 Å². The molecule has 1 aliphatic rings. The SMILES string of the molecule is CCn1cc(Nc2nc(OC3C(F)CCN(C(=O)O)C3C(C)(C)C)c3ccn(COCC[Si](C)(C)C)c3n2)cn1. The first-order valence-electron chi connectivity index (χ1n) is 13.8. The lowest BCUT2D eigenvalue weighted by atomic mass is 9.78. The molecule has 40 heavy (non-hydrogen) atoms. The molecule has 0 bridgehead atoms. The lowest BCUT2D eigenvalue weighted by Gasteiger charge is -2.47. The number of piperidine rings is 1. The summed E-state index contributed by atoms with van der Waals surface area (Å²) in [5.41, 5.74) is 0.686. The largest absolute Gasteiger partial charge is 0.468 e. The number of anilines is 2. The van der Waals surface area contributed by atoms with Crippen molar-refractivity contribution in [3.8, 4) is 5.88 Å². The topological polar surface area (TPSA) is 120 Å². The van der Waals surface area contributed by atoms with Crippen LogP contribution in [-0.4, -0.2) is 80.0 Å². The summed E-state index contributed by atoms with van der Waals surface area (Å²) in [6, 6.07) is 2.14. The van der Waals surface area contributed by atoms with Crippen molar-refractivity contribution in [2.75, 3.05) is 18.5 Å². The van der Waals surface area contributed by atoms with Crippen molar-refractivity contribution < 1.29 is 23.8 Å². The molecule has 0 spiro atoms. The van der Waals surface area contributed by atoms with Gasteiger partial charge in [0.1, 0.15) is 12.9 Å². The van der Waals surface area contributed by atoms with Gasteiger partial charge < -0.3 is 29.4 Å². The van der Waals surface area contributed by atoms with Crippen molar-refractivity contribution in [3.63, 3.8) is 0 Å². The lowest BCUT2D eigenvalue weighted by Crippen LogP contribution is -2.62. The molecule has 3 atom stereocenters. The molecule has 3 aromatic rings. The molecule has 0 radical (unpaired) electrons. The molecule has 4 rings (SSSR count). The van der Waals surface area contributed by atoms with E-state index in [-0.39, 0.29) is 24.8 Å². The average molecular weight is 576 g/mol. The molecule has 1 aliphatic heterocycles. The quantitative estimate of drug-likeness (QED) is 0.237. The van der Waals surface area contributed by atoms with Gasteiger partial charge in [0, 0.05) is 46.6 Å². The number of carbonyl (C=O) groups is 1. The van der Waals surface area contributed by atoms with Crippen molar-refractivity contribution >= 4 is 36.8 Å². The summed E-state index contributed by atoms with van der Waals surface area (Å²) >= 11 is 0. The van der Waals surface area contributed by atoms with Crippen LogP contribution in [0.5, 0.6) is 5.88 Å². The minimum absolute atomic E-state index is 0.0467. The lowest BCUT2D eigenvalue weighted by molar-refractivity contribution is -0.0596. The molecule has 3 aromatic heterocycles. The molecule has 220 valence electrons. The number of aromatic nitrogens is 5. The van der Waals surface area contributed by atoms with Crippen LogP contribution in [0.4, 0.5) is 20.8 Å². The van der Waals surface area contributed by atoms with E-state index >= 15 is 4.39 Å². The highest BCUT2D eigenvalue weighted by Crippen LogP contribution is 2.37. The van der Waals surface area contributed by atoms with Crippen molar-refractivity contribution in [2.45, 2.75) is 91.4 Å². The molecule has 0 aliphatic carbocycles. The maximum absolute atomic E-state index is 15.5. The second-order valence-electron chi connectivity index (χ2n) is 12.6. The number of amides is 1. The first-order chi connectivity index (χ1) is 18.8. The van der Waals surface area contributed by atoms with Crippen LogP contribution < -0.4 is 10.1 Å². The number of halogens is 1. The number of nitrogens with zero attached hydrogens (tertiary/aromatic N) is 6. The van der Waals surface area contributed by atoms with Gasteiger partial charge in [0.2, 0.25) is 11.8 Å². The summed E-state index contributed by atoms with van der Waals surface area (Å²) < 4.78 is 31.5. The van der Waals surface area contributed by atoms with Crippen LogP contribution in [0.25, 0.3) is 11.0 Å². The smallest absolute Gasteiger partial charge is 0.407 e. The van der Waals surface area contributed by atoms with E-state index in [1.807, 2.05) is 50.7 Å². The van der Waals surface area contributed by atoms with E-state index in [4.69, 9.17) is 14.5 Å². The number of carboxylic acid groups (broad SMARTS) is 1. The van der Waals surface area contributed by atoms with Gasteiger partial charge >= 0.3 is 6.09 Å². The van der Waals surface area contributed by atoms with E-state index in [1.54, 1.807) is 10.9 Å². The van der Waals surface area contributed by atoms with E-state index in [9.17, 15) is 9.90 Å². The van der Waals surface area contributed by atoms with Crippen LogP contribution >= 0.6 is 0 Å². The van der Waals surface area contributed by atoms with Crippen molar-refractivity contribution in [1.29, 1.82) is 0 Å². The Morgan fingerprint density at radius 2 is 2.02 bits per heavy atom.